The molecule has 6 nitrogen and oxygen atoms in total. The van der Waals surface area contributed by atoms with Gasteiger partial charge in [0.25, 0.3) is 5.91 Å². The van der Waals surface area contributed by atoms with E-state index in [2.05, 4.69) is 39.4 Å². The fraction of sp³-hybridized carbons (Fsp3) is 0.310. The van der Waals surface area contributed by atoms with E-state index in [0.29, 0.717) is 6.67 Å². The van der Waals surface area contributed by atoms with Crippen molar-refractivity contribution in [1.29, 1.82) is 0 Å². The van der Waals surface area contributed by atoms with Crippen molar-refractivity contribution in [1.82, 2.24) is 20.0 Å². The highest BCUT2D eigenvalue weighted by Crippen LogP contribution is 2.37. The molecule has 0 spiro atoms. The van der Waals surface area contributed by atoms with Crippen LogP contribution in [0, 0.1) is 13.8 Å². The molecule has 6 heteroatoms. The molecule has 2 aliphatic heterocycles. The van der Waals surface area contributed by atoms with Crippen molar-refractivity contribution >= 4 is 11.9 Å². The van der Waals surface area contributed by atoms with Gasteiger partial charge in [-0.05, 0) is 41.7 Å². The van der Waals surface area contributed by atoms with Crippen molar-refractivity contribution < 1.29 is 9.59 Å². The van der Waals surface area contributed by atoms with E-state index >= 15 is 0 Å². The molecule has 0 bridgehead atoms. The van der Waals surface area contributed by atoms with Crippen molar-refractivity contribution in [3.8, 4) is 0 Å². The molecule has 2 saturated heterocycles. The number of amides is 3. The summed E-state index contributed by atoms with van der Waals surface area (Å²) < 4.78 is 0. The van der Waals surface area contributed by atoms with Gasteiger partial charge in [-0.3, -0.25) is 14.6 Å². The maximum atomic E-state index is 14.0. The summed E-state index contributed by atoms with van der Waals surface area (Å²) in [4.78, 5) is 33.3. The summed E-state index contributed by atoms with van der Waals surface area (Å²) in [6.07, 6.45) is 0. The van der Waals surface area contributed by atoms with Crippen molar-refractivity contribution in [2.45, 2.75) is 25.9 Å². The average molecular weight is 469 g/mol. The zero-order chi connectivity index (χ0) is 24.4. The molecule has 35 heavy (non-hydrogen) atoms. The van der Waals surface area contributed by atoms with Crippen molar-refractivity contribution in [3.63, 3.8) is 0 Å². The molecule has 0 saturated carbocycles. The molecular formula is C29H32N4O2. The van der Waals surface area contributed by atoms with Crippen LogP contribution in [0.5, 0.6) is 0 Å². The van der Waals surface area contributed by atoms with Crippen molar-refractivity contribution in [2.24, 2.45) is 0 Å². The Morgan fingerprint density at radius 2 is 1.37 bits per heavy atom. The average Bonchev–Trinajstić information content (AvgIpc) is 3.13. The molecule has 0 radical (unpaired) electrons. The van der Waals surface area contributed by atoms with E-state index in [9.17, 15) is 9.59 Å². The molecule has 1 N–H and O–H groups in total. The maximum absolute atomic E-state index is 14.0. The lowest BCUT2D eigenvalue weighted by Crippen LogP contribution is -2.51. The van der Waals surface area contributed by atoms with Gasteiger partial charge in [0.2, 0.25) is 0 Å². The van der Waals surface area contributed by atoms with E-state index in [1.54, 1.807) is 0 Å². The third-order valence-electron chi connectivity index (χ3n) is 7.31. The van der Waals surface area contributed by atoms with Crippen LogP contribution < -0.4 is 5.32 Å². The maximum Gasteiger partial charge on any atom is 0.326 e. The van der Waals surface area contributed by atoms with Crippen LogP contribution in [0.2, 0.25) is 0 Å². The Balaban J connectivity index is 1.34. The predicted molar refractivity (Wildman–Crippen MR) is 137 cm³/mol. The van der Waals surface area contributed by atoms with E-state index in [-0.39, 0.29) is 11.9 Å². The molecule has 5 rings (SSSR count). The third-order valence-corrected chi connectivity index (χ3v) is 7.31. The number of hydrogen-bond acceptors (Lipinski definition) is 4. The highest BCUT2D eigenvalue weighted by Gasteiger charge is 2.54. The van der Waals surface area contributed by atoms with E-state index in [1.165, 1.54) is 10.5 Å². The predicted octanol–water partition coefficient (Wildman–Crippen LogP) is 3.87. The van der Waals surface area contributed by atoms with Gasteiger partial charge in [-0.1, -0.05) is 78.9 Å². The number of benzene rings is 3. The SMILES string of the molecule is Cc1ccc([C@]2(c3ccccc3)NC(=O)N(CN3CCN(Cc4ccccc4)CC3)C2=O)cc1C. The molecule has 3 amide bonds. The molecule has 2 aliphatic rings. The summed E-state index contributed by atoms with van der Waals surface area (Å²) in [5, 5.41) is 3.08. The van der Waals surface area contributed by atoms with Gasteiger partial charge in [0.15, 0.2) is 5.54 Å². The van der Waals surface area contributed by atoms with Crippen LogP contribution in [0.3, 0.4) is 0 Å². The molecule has 1 atom stereocenters. The molecule has 2 fully saturated rings. The van der Waals surface area contributed by atoms with Crippen LogP contribution in [0.25, 0.3) is 0 Å². The first-order chi connectivity index (χ1) is 17.0. The number of carbonyl (C=O) groups excluding carboxylic acids is 2. The largest absolute Gasteiger partial charge is 0.326 e. The van der Waals surface area contributed by atoms with Gasteiger partial charge in [0.1, 0.15) is 0 Å². The summed E-state index contributed by atoms with van der Waals surface area (Å²) in [5.74, 6) is -0.219. The molecule has 180 valence electrons. The fourth-order valence-corrected chi connectivity index (χ4v) is 5.06. The minimum atomic E-state index is -1.22. The Morgan fingerprint density at radius 1 is 0.743 bits per heavy atom. The van der Waals surface area contributed by atoms with E-state index in [0.717, 1.165) is 55.0 Å². The fourth-order valence-electron chi connectivity index (χ4n) is 5.06. The lowest BCUT2D eigenvalue weighted by molar-refractivity contribution is -0.132. The summed E-state index contributed by atoms with van der Waals surface area (Å²) in [6, 6.07) is 25.7. The first kappa shape index (κ1) is 23.3. The van der Waals surface area contributed by atoms with Crippen molar-refractivity contribution in [2.75, 3.05) is 32.8 Å². The number of urea groups is 1. The molecule has 0 aromatic heterocycles. The minimum absolute atomic E-state index is 0.219. The molecule has 2 heterocycles. The van der Waals surface area contributed by atoms with Crippen LogP contribution in [-0.2, 0) is 16.9 Å². The smallest absolute Gasteiger partial charge is 0.315 e. The molecule has 3 aromatic rings. The normalized spacial score (nSPS) is 21.4. The van der Waals surface area contributed by atoms with Gasteiger partial charge in [-0.25, -0.2) is 9.69 Å². The number of piperazine rings is 1. The van der Waals surface area contributed by atoms with E-state index in [1.807, 2.05) is 68.4 Å². The van der Waals surface area contributed by atoms with E-state index < -0.39 is 5.54 Å². The molecule has 0 unspecified atom stereocenters. The number of rotatable bonds is 6. The number of nitrogens with one attached hydrogen (secondary N) is 1. The Kier molecular flexibility index (Phi) is 6.41. The Hall–Kier alpha value is -3.48. The minimum Gasteiger partial charge on any atom is -0.315 e. The summed E-state index contributed by atoms with van der Waals surface area (Å²) in [5.41, 5.74) is 3.89. The van der Waals surface area contributed by atoms with Crippen molar-refractivity contribution in [3.05, 3.63) is 107 Å². The monoisotopic (exact) mass is 468 g/mol. The third kappa shape index (κ3) is 4.47. The van der Waals surface area contributed by atoms with Gasteiger partial charge in [-0.2, -0.15) is 0 Å². The second-order valence-electron chi connectivity index (χ2n) is 9.60. The van der Waals surface area contributed by atoms with Crippen LogP contribution in [0.1, 0.15) is 27.8 Å². The number of hydrogen-bond donors (Lipinski definition) is 1. The van der Waals surface area contributed by atoms with Gasteiger partial charge >= 0.3 is 6.03 Å². The number of carbonyl (C=O) groups is 2. The standard InChI is InChI=1S/C29H32N4O2/c1-22-13-14-26(19-23(22)2)29(25-11-7-4-8-12-25)27(34)33(28(35)30-29)21-32-17-15-31(16-18-32)20-24-9-5-3-6-10-24/h3-14,19H,15-18,20-21H2,1-2H3,(H,30,35)/t29-/m0/s1. The first-order valence-electron chi connectivity index (χ1n) is 12.2. The van der Waals surface area contributed by atoms with E-state index in [4.69, 9.17) is 0 Å². The number of nitrogens with zero attached hydrogens (tertiary/aromatic N) is 3. The Morgan fingerprint density at radius 3 is 2.03 bits per heavy atom. The topological polar surface area (TPSA) is 55.9 Å². The summed E-state index contributed by atoms with van der Waals surface area (Å²) in [7, 11) is 0. The highest BCUT2D eigenvalue weighted by atomic mass is 16.2. The zero-order valence-corrected chi connectivity index (χ0v) is 20.4. The second kappa shape index (κ2) is 9.64. The van der Waals surface area contributed by atoms with Crippen LogP contribution >= 0.6 is 0 Å². The van der Waals surface area contributed by atoms with Gasteiger partial charge < -0.3 is 5.32 Å². The summed E-state index contributed by atoms with van der Waals surface area (Å²) >= 11 is 0. The van der Waals surface area contributed by atoms with Gasteiger partial charge in [0.05, 0.1) is 6.67 Å². The first-order valence-corrected chi connectivity index (χ1v) is 12.2. The molecule has 3 aromatic carbocycles. The lowest BCUT2D eigenvalue weighted by atomic mass is 9.81. The highest BCUT2D eigenvalue weighted by molar-refractivity contribution is 6.09. The number of aryl methyl sites for hydroxylation is 2. The Labute approximate surface area is 207 Å². The Bertz CT molecular complexity index is 1210. The summed E-state index contributed by atoms with van der Waals surface area (Å²) in [6.45, 7) is 8.72. The zero-order valence-electron chi connectivity index (χ0n) is 20.4. The second-order valence-corrected chi connectivity index (χ2v) is 9.60. The molecular weight excluding hydrogens is 436 g/mol. The molecule has 0 aliphatic carbocycles. The van der Waals surface area contributed by atoms with Gasteiger partial charge in [-0.15, -0.1) is 0 Å². The van der Waals surface area contributed by atoms with Crippen LogP contribution in [0.4, 0.5) is 4.79 Å². The van der Waals surface area contributed by atoms with Gasteiger partial charge in [0, 0.05) is 32.7 Å². The quantitative estimate of drug-likeness (QED) is 0.558. The lowest BCUT2D eigenvalue weighted by Gasteiger charge is -2.36. The number of imide groups is 1. The van der Waals surface area contributed by atoms with Crippen LogP contribution in [-0.4, -0.2) is 59.5 Å². The van der Waals surface area contributed by atoms with Crippen LogP contribution in [0.15, 0.2) is 78.9 Å².